The van der Waals surface area contributed by atoms with Crippen LogP contribution in [0.25, 0.3) is 0 Å². The number of ether oxygens (including phenoxy) is 2. The molecule has 0 radical (unpaired) electrons. The van der Waals surface area contributed by atoms with Crippen molar-refractivity contribution in [3.05, 3.63) is 101 Å². The molecule has 8 heteroatoms. The van der Waals surface area contributed by atoms with Crippen LogP contribution < -0.4 is 10.6 Å². The highest BCUT2D eigenvalue weighted by molar-refractivity contribution is 5.87. The quantitative estimate of drug-likeness (QED) is 0.320. The predicted molar refractivity (Wildman–Crippen MR) is 156 cm³/mol. The van der Waals surface area contributed by atoms with Crippen molar-refractivity contribution >= 4 is 23.8 Å². The molecular weight excluding hydrogens is 506 g/mol. The summed E-state index contributed by atoms with van der Waals surface area (Å²) in [6, 6.07) is 22.0. The Balaban J connectivity index is 1.77. The molecule has 0 aliphatic rings. The van der Waals surface area contributed by atoms with Gasteiger partial charge in [0.05, 0.1) is 0 Å². The first-order chi connectivity index (χ1) is 18.9. The van der Waals surface area contributed by atoms with E-state index in [1.807, 2.05) is 86.6 Å². The molecule has 212 valence electrons. The maximum Gasteiger partial charge on any atom is 0.412 e. The molecule has 1 atom stereocenters. The van der Waals surface area contributed by atoms with Gasteiger partial charge >= 0.3 is 12.2 Å². The topological polar surface area (TPSA) is 97.0 Å². The van der Waals surface area contributed by atoms with Crippen molar-refractivity contribution in [3.8, 4) is 0 Å². The van der Waals surface area contributed by atoms with Gasteiger partial charge in [0.25, 0.3) is 0 Å². The zero-order chi connectivity index (χ0) is 29.3. The van der Waals surface area contributed by atoms with Crippen LogP contribution in [0.1, 0.15) is 55.5 Å². The minimum atomic E-state index is -0.822. The van der Waals surface area contributed by atoms with Crippen LogP contribution in [0.15, 0.2) is 72.8 Å². The first kappa shape index (κ1) is 30.2. The maximum atomic E-state index is 13.6. The van der Waals surface area contributed by atoms with Crippen molar-refractivity contribution in [2.45, 2.75) is 72.9 Å². The van der Waals surface area contributed by atoms with Gasteiger partial charge in [-0.2, -0.15) is 0 Å². The Morgan fingerprint density at radius 2 is 1.43 bits per heavy atom. The number of alkyl carbamates (subject to hydrolysis) is 1. The van der Waals surface area contributed by atoms with Gasteiger partial charge in [-0.3, -0.25) is 10.1 Å². The van der Waals surface area contributed by atoms with Crippen LogP contribution in [0.4, 0.5) is 15.3 Å². The standard InChI is InChI=1S/C32H39N3O5/c1-22-17-23(2)28(34-31(38)40-32(4,5)6)18-27(22)20-35(19-25-13-9-7-10-14-25)29(36)24(3)33-30(37)39-21-26-15-11-8-12-16-26/h7-18,24H,19-21H2,1-6H3,(H,33,37)(H,34,38)/t24-/m1/s1. The van der Waals surface area contributed by atoms with Gasteiger partial charge < -0.3 is 19.7 Å². The van der Waals surface area contributed by atoms with E-state index in [-0.39, 0.29) is 19.1 Å². The lowest BCUT2D eigenvalue weighted by molar-refractivity contribution is -0.134. The Labute approximate surface area is 236 Å². The van der Waals surface area contributed by atoms with Crippen molar-refractivity contribution < 1.29 is 23.9 Å². The van der Waals surface area contributed by atoms with Crippen LogP contribution in [-0.4, -0.2) is 34.6 Å². The number of nitrogens with one attached hydrogen (secondary N) is 2. The number of carbonyl (C=O) groups excluding carboxylic acids is 3. The van der Waals surface area contributed by atoms with E-state index in [0.717, 1.165) is 27.8 Å². The van der Waals surface area contributed by atoms with E-state index in [1.54, 1.807) is 32.6 Å². The summed E-state index contributed by atoms with van der Waals surface area (Å²) in [6.07, 6.45) is -1.21. The molecule has 0 spiro atoms. The second-order valence-electron chi connectivity index (χ2n) is 10.8. The van der Waals surface area contributed by atoms with Crippen LogP contribution in [-0.2, 0) is 34.0 Å². The minimum Gasteiger partial charge on any atom is -0.445 e. The van der Waals surface area contributed by atoms with E-state index in [4.69, 9.17) is 9.47 Å². The second-order valence-corrected chi connectivity index (χ2v) is 10.8. The highest BCUT2D eigenvalue weighted by Gasteiger charge is 2.24. The van der Waals surface area contributed by atoms with E-state index in [1.165, 1.54) is 0 Å². The third-order valence-corrected chi connectivity index (χ3v) is 6.13. The highest BCUT2D eigenvalue weighted by atomic mass is 16.6. The van der Waals surface area contributed by atoms with Crippen molar-refractivity contribution in [3.63, 3.8) is 0 Å². The van der Waals surface area contributed by atoms with E-state index in [0.29, 0.717) is 12.2 Å². The van der Waals surface area contributed by atoms with Crippen molar-refractivity contribution in [2.24, 2.45) is 0 Å². The molecule has 8 nitrogen and oxygen atoms in total. The van der Waals surface area contributed by atoms with Gasteiger partial charge in [0, 0.05) is 18.8 Å². The van der Waals surface area contributed by atoms with Crippen LogP contribution >= 0.6 is 0 Å². The number of anilines is 1. The van der Waals surface area contributed by atoms with Crippen molar-refractivity contribution in [1.82, 2.24) is 10.2 Å². The fourth-order valence-corrected chi connectivity index (χ4v) is 4.11. The fourth-order valence-electron chi connectivity index (χ4n) is 4.11. The Morgan fingerprint density at radius 1 is 0.825 bits per heavy atom. The van der Waals surface area contributed by atoms with Crippen molar-refractivity contribution in [2.75, 3.05) is 5.32 Å². The molecule has 0 unspecified atom stereocenters. The first-order valence-corrected chi connectivity index (χ1v) is 13.3. The van der Waals surface area contributed by atoms with Gasteiger partial charge in [0.2, 0.25) is 5.91 Å². The molecule has 40 heavy (non-hydrogen) atoms. The van der Waals surface area contributed by atoms with Gasteiger partial charge in [-0.05, 0) is 75.4 Å². The lowest BCUT2D eigenvalue weighted by atomic mass is 10.0. The fraction of sp³-hybridized carbons (Fsp3) is 0.344. The molecule has 3 amide bonds. The summed E-state index contributed by atoms with van der Waals surface area (Å²) >= 11 is 0. The van der Waals surface area contributed by atoms with E-state index < -0.39 is 23.8 Å². The molecule has 3 aromatic carbocycles. The summed E-state index contributed by atoms with van der Waals surface area (Å²) in [5.74, 6) is -0.262. The predicted octanol–water partition coefficient (Wildman–Crippen LogP) is 6.49. The number of benzene rings is 3. The average Bonchev–Trinajstić information content (AvgIpc) is 2.89. The molecule has 3 rings (SSSR count). The summed E-state index contributed by atoms with van der Waals surface area (Å²) in [5.41, 5.74) is 4.50. The number of nitrogens with zero attached hydrogens (tertiary/aromatic N) is 1. The van der Waals surface area contributed by atoms with Gasteiger partial charge in [-0.25, -0.2) is 9.59 Å². The summed E-state index contributed by atoms with van der Waals surface area (Å²) < 4.78 is 10.7. The first-order valence-electron chi connectivity index (χ1n) is 13.3. The minimum absolute atomic E-state index is 0.108. The van der Waals surface area contributed by atoms with E-state index in [9.17, 15) is 14.4 Å². The number of hydrogen-bond acceptors (Lipinski definition) is 5. The third-order valence-electron chi connectivity index (χ3n) is 6.13. The number of aryl methyl sites for hydroxylation is 2. The summed E-state index contributed by atoms with van der Waals surface area (Å²) in [6.45, 7) is 11.6. The molecule has 3 aromatic rings. The van der Waals surface area contributed by atoms with E-state index >= 15 is 0 Å². The molecular formula is C32H39N3O5. The van der Waals surface area contributed by atoms with Gasteiger partial charge in [-0.1, -0.05) is 66.7 Å². The number of amides is 3. The largest absolute Gasteiger partial charge is 0.445 e. The maximum absolute atomic E-state index is 13.6. The molecule has 0 heterocycles. The molecule has 0 saturated carbocycles. The van der Waals surface area contributed by atoms with Crippen LogP contribution in [0.2, 0.25) is 0 Å². The van der Waals surface area contributed by atoms with Crippen LogP contribution in [0.5, 0.6) is 0 Å². The van der Waals surface area contributed by atoms with Gasteiger partial charge in [-0.15, -0.1) is 0 Å². The zero-order valence-corrected chi connectivity index (χ0v) is 24.1. The Kier molecular flexibility index (Phi) is 10.3. The lowest BCUT2D eigenvalue weighted by Gasteiger charge is -2.28. The lowest BCUT2D eigenvalue weighted by Crippen LogP contribution is -2.46. The number of rotatable bonds is 9. The van der Waals surface area contributed by atoms with Gasteiger partial charge in [0.15, 0.2) is 0 Å². The number of carbonyl (C=O) groups is 3. The normalized spacial score (nSPS) is 11.8. The number of hydrogen-bond donors (Lipinski definition) is 2. The summed E-state index contributed by atoms with van der Waals surface area (Å²) in [7, 11) is 0. The molecule has 0 aliphatic carbocycles. The molecule has 0 fully saturated rings. The van der Waals surface area contributed by atoms with Crippen LogP contribution in [0.3, 0.4) is 0 Å². The molecule has 0 bridgehead atoms. The Morgan fingerprint density at radius 3 is 2.02 bits per heavy atom. The Hall–Kier alpha value is -4.33. The SMILES string of the molecule is Cc1cc(C)c(NC(=O)OC(C)(C)C)cc1CN(Cc1ccccc1)C(=O)[C@@H](C)NC(=O)OCc1ccccc1. The van der Waals surface area contributed by atoms with Gasteiger partial charge in [0.1, 0.15) is 18.2 Å². The van der Waals surface area contributed by atoms with Crippen LogP contribution in [0, 0.1) is 13.8 Å². The summed E-state index contributed by atoms with van der Waals surface area (Å²) in [4.78, 5) is 40.2. The molecule has 0 aliphatic heterocycles. The average molecular weight is 546 g/mol. The third kappa shape index (κ3) is 9.45. The monoisotopic (exact) mass is 545 g/mol. The highest BCUT2D eigenvalue weighted by Crippen LogP contribution is 2.24. The zero-order valence-electron chi connectivity index (χ0n) is 24.1. The second kappa shape index (κ2) is 13.6. The van der Waals surface area contributed by atoms with E-state index in [2.05, 4.69) is 10.6 Å². The Bertz CT molecular complexity index is 1300. The molecule has 0 saturated heterocycles. The smallest absolute Gasteiger partial charge is 0.412 e. The summed E-state index contributed by atoms with van der Waals surface area (Å²) in [5, 5.41) is 5.48. The van der Waals surface area contributed by atoms with Crippen molar-refractivity contribution in [1.29, 1.82) is 0 Å². The molecule has 2 N–H and O–H groups in total. The molecule has 0 aromatic heterocycles.